The van der Waals surface area contributed by atoms with Crippen molar-refractivity contribution >= 4 is 0 Å². The van der Waals surface area contributed by atoms with E-state index in [9.17, 15) is 0 Å². The minimum atomic E-state index is -0.0853. The second kappa shape index (κ2) is 8.20. The standard InChI is InChI=1S/C14H24N2O/c1-3-4-5-8-11-17-14(12(2)15)13-9-6-7-10-16-13/h6-7,9-10,12,14H,3-5,8,11,15H2,1-2H3. The van der Waals surface area contributed by atoms with Gasteiger partial charge in [-0.15, -0.1) is 0 Å². The van der Waals surface area contributed by atoms with E-state index in [0.29, 0.717) is 0 Å². The lowest BCUT2D eigenvalue weighted by atomic mass is 10.1. The Morgan fingerprint density at radius 1 is 1.29 bits per heavy atom. The first-order valence-corrected chi connectivity index (χ1v) is 6.53. The minimum Gasteiger partial charge on any atom is -0.370 e. The lowest BCUT2D eigenvalue weighted by molar-refractivity contribution is 0.0330. The molecule has 1 aromatic rings. The van der Waals surface area contributed by atoms with Crippen LogP contribution in [0.25, 0.3) is 0 Å². The van der Waals surface area contributed by atoms with Gasteiger partial charge < -0.3 is 10.5 Å². The maximum atomic E-state index is 5.94. The zero-order valence-corrected chi connectivity index (χ0v) is 10.9. The maximum absolute atomic E-state index is 5.94. The summed E-state index contributed by atoms with van der Waals surface area (Å²) in [4.78, 5) is 4.31. The highest BCUT2D eigenvalue weighted by molar-refractivity contribution is 5.08. The number of aromatic nitrogens is 1. The molecule has 0 spiro atoms. The van der Waals surface area contributed by atoms with E-state index >= 15 is 0 Å². The molecule has 0 saturated carbocycles. The predicted molar refractivity (Wildman–Crippen MR) is 70.7 cm³/mol. The van der Waals surface area contributed by atoms with Gasteiger partial charge in [0.15, 0.2) is 0 Å². The number of ether oxygens (including phenoxy) is 1. The van der Waals surface area contributed by atoms with Crippen molar-refractivity contribution in [3.63, 3.8) is 0 Å². The number of rotatable bonds is 8. The maximum Gasteiger partial charge on any atom is 0.114 e. The van der Waals surface area contributed by atoms with Gasteiger partial charge in [-0.3, -0.25) is 4.98 Å². The van der Waals surface area contributed by atoms with Crippen LogP contribution in [0, 0.1) is 0 Å². The lowest BCUT2D eigenvalue weighted by Gasteiger charge is -2.20. The summed E-state index contributed by atoms with van der Waals surface area (Å²) in [6.07, 6.45) is 6.55. The number of hydrogen-bond donors (Lipinski definition) is 1. The molecule has 1 rings (SSSR count). The fraction of sp³-hybridized carbons (Fsp3) is 0.643. The van der Waals surface area contributed by atoms with Gasteiger partial charge in [0.25, 0.3) is 0 Å². The van der Waals surface area contributed by atoms with E-state index in [4.69, 9.17) is 10.5 Å². The highest BCUT2D eigenvalue weighted by atomic mass is 16.5. The second-order valence-corrected chi connectivity index (χ2v) is 4.47. The average Bonchev–Trinajstić information content (AvgIpc) is 2.34. The van der Waals surface area contributed by atoms with Crippen molar-refractivity contribution in [3.8, 4) is 0 Å². The Balaban J connectivity index is 2.40. The zero-order chi connectivity index (χ0) is 12.5. The van der Waals surface area contributed by atoms with Gasteiger partial charge >= 0.3 is 0 Å². The smallest absolute Gasteiger partial charge is 0.114 e. The third-order valence-electron chi connectivity index (χ3n) is 2.75. The number of unbranched alkanes of at least 4 members (excludes halogenated alkanes) is 3. The Hall–Kier alpha value is -0.930. The molecule has 0 saturated heterocycles. The van der Waals surface area contributed by atoms with Crippen molar-refractivity contribution in [2.45, 2.75) is 51.7 Å². The second-order valence-electron chi connectivity index (χ2n) is 4.47. The first-order chi connectivity index (χ1) is 8.25. The Morgan fingerprint density at radius 2 is 2.12 bits per heavy atom. The number of pyridine rings is 1. The Morgan fingerprint density at radius 3 is 2.71 bits per heavy atom. The van der Waals surface area contributed by atoms with Crippen molar-refractivity contribution in [1.82, 2.24) is 4.98 Å². The van der Waals surface area contributed by atoms with Crippen LogP contribution in [0.15, 0.2) is 24.4 Å². The van der Waals surface area contributed by atoms with Crippen LogP contribution in [0.2, 0.25) is 0 Å². The molecule has 3 nitrogen and oxygen atoms in total. The van der Waals surface area contributed by atoms with E-state index in [-0.39, 0.29) is 12.1 Å². The van der Waals surface area contributed by atoms with Crippen molar-refractivity contribution in [3.05, 3.63) is 30.1 Å². The van der Waals surface area contributed by atoms with E-state index in [0.717, 1.165) is 18.7 Å². The van der Waals surface area contributed by atoms with E-state index in [1.165, 1.54) is 19.3 Å². The van der Waals surface area contributed by atoms with E-state index in [1.807, 2.05) is 25.1 Å². The van der Waals surface area contributed by atoms with Crippen LogP contribution < -0.4 is 5.73 Å². The molecule has 0 bridgehead atoms. The lowest BCUT2D eigenvalue weighted by Crippen LogP contribution is -2.28. The normalized spacial score (nSPS) is 14.5. The van der Waals surface area contributed by atoms with Crippen LogP contribution in [-0.4, -0.2) is 17.6 Å². The molecule has 1 aromatic heterocycles. The molecular weight excluding hydrogens is 212 g/mol. The molecule has 0 aliphatic heterocycles. The summed E-state index contributed by atoms with van der Waals surface area (Å²) in [5.74, 6) is 0. The molecular formula is C14H24N2O. The Kier molecular flexibility index (Phi) is 6.82. The molecule has 2 N–H and O–H groups in total. The summed E-state index contributed by atoms with van der Waals surface area (Å²) >= 11 is 0. The summed E-state index contributed by atoms with van der Waals surface area (Å²) in [6, 6.07) is 5.82. The molecule has 0 fully saturated rings. The minimum absolute atomic E-state index is 0.0314. The zero-order valence-electron chi connectivity index (χ0n) is 10.9. The van der Waals surface area contributed by atoms with Crippen molar-refractivity contribution < 1.29 is 4.74 Å². The highest BCUT2D eigenvalue weighted by Gasteiger charge is 2.17. The molecule has 0 aromatic carbocycles. The van der Waals surface area contributed by atoms with E-state index in [2.05, 4.69) is 11.9 Å². The van der Waals surface area contributed by atoms with Crippen LogP contribution in [0.1, 0.15) is 51.3 Å². The SMILES string of the molecule is CCCCCCOC(c1ccccn1)C(C)N. The van der Waals surface area contributed by atoms with Gasteiger partial charge in [0, 0.05) is 18.8 Å². The van der Waals surface area contributed by atoms with Gasteiger partial charge in [-0.05, 0) is 25.5 Å². The predicted octanol–water partition coefficient (Wildman–Crippen LogP) is 3.07. The van der Waals surface area contributed by atoms with Gasteiger partial charge in [0.05, 0.1) is 5.69 Å². The molecule has 0 amide bonds. The summed E-state index contributed by atoms with van der Waals surface area (Å²) in [5.41, 5.74) is 6.87. The topological polar surface area (TPSA) is 48.1 Å². The summed E-state index contributed by atoms with van der Waals surface area (Å²) in [6.45, 7) is 4.94. The molecule has 17 heavy (non-hydrogen) atoms. The van der Waals surface area contributed by atoms with Crippen LogP contribution in [0.4, 0.5) is 0 Å². The summed E-state index contributed by atoms with van der Waals surface area (Å²) in [7, 11) is 0. The number of nitrogens with zero attached hydrogens (tertiary/aromatic N) is 1. The van der Waals surface area contributed by atoms with Gasteiger partial charge in [-0.2, -0.15) is 0 Å². The third-order valence-corrected chi connectivity index (χ3v) is 2.75. The van der Waals surface area contributed by atoms with E-state index in [1.54, 1.807) is 6.20 Å². The first-order valence-electron chi connectivity index (χ1n) is 6.53. The Bertz CT molecular complexity index is 288. The highest BCUT2D eigenvalue weighted by Crippen LogP contribution is 2.18. The molecule has 96 valence electrons. The molecule has 0 aliphatic rings. The van der Waals surface area contributed by atoms with Crippen molar-refractivity contribution in [2.75, 3.05) is 6.61 Å². The van der Waals surface area contributed by atoms with Gasteiger partial charge in [-0.1, -0.05) is 32.3 Å². The fourth-order valence-electron chi connectivity index (χ4n) is 1.79. The fourth-order valence-corrected chi connectivity index (χ4v) is 1.79. The third kappa shape index (κ3) is 5.29. The molecule has 3 heteroatoms. The van der Waals surface area contributed by atoms with Crippen molar-refractivity contribution in [2.24, 2.45) is 5.73 Å². The van der Waals surface area contributed by atoms with Crippen LogP contribution >= 0.6 is 0 Å². The summed E-state index contributed by atoms with van der Waals surface area (Å²) in [5, 5.41) is 0. The summed E-state index contributed by atoms with van der Waals surface area (Å²) < 4.78 is 5.85. The molecule has 0 radical (unpaired) electrons. The van der Waals surface area contributed by atoms with Crippen molar-refractivity contribution in [1.29, 1.82) is 0 Å². The van der Waals surface area contributed by atoms with Crippen LogP contribution in [0.3, 0.4) is 0 Å². The molecule has 2 unspecified atom stereocenters. The number of nitrogens with two attached hydrogens (primary N) is 1. The van der Waals surface area contributed by atoms with Gasteiger partial charge in [0.2, 0.25) is 0 Å². The van der Waals surface area contributed by atoms with Crippen LogP contribution in [-0.2, 0) is 4.74 Å². The largest absolute Gasteiger partial charge is 0.370 e. The monoisotopic (exact) mass is 236 g/mol. The van der Waals surface area contributed by atoms with E-state index < -0.39 is 0 Å². The quantitative estimate of drug-likeness (QED) is 0.706. The van der Waals surface area contributed by atoms with Crippen LogP contribution in [0.5, 0.6) is 0 Å². The number of hydrogen-bond acceptors (Lipinski definition) is 3. The molecule has 2 atom stereocenters. The Labute approximate surface area is 104 Å². The average molecular weight is 236 g/mol. The van der Waals surface area contributed by atoms with Gasteiger partial charge in [0.1, 0.15) is 6.10 Å². The van der Waals surface area contributed by atoms with Gasteiger partial charge in [-0.25, -0.2) is 0 Å². The molecule has 1 heterocycles. The first kappa shape index (κ1) is 14.1. The molecule has 0 aliphatic carbocycles.